The number of thiol groups is 1. The fourth-order valence-electron chi connectivity index (χ4n) is 2.71. The molecule has 0 radical (unpaired) electrons. The highest BCUT2D eigenvalue weighted by molar-refractivity contribution is 7.81. The van der Waals surface area contributed by atoms with Crippen molar-refractivity contribution in [3.8, 4) is 0 Å². The molecule has 1 unspecified atom stereocenters. The lowest BCUT2D eigenvalue weighted by Crippen LogP contribution is -2.54. The van der Waals surface area contributed by atoms with Gasteiger partial charge in [-0.05, 0) is 45.4 Å². The normalized spacial score (nSPS) is 14.5. The Morgan fingerprint density at radius 2 is 1.39 bits per heavy atom. The first-order chi connectivity index (χ1) is 14.2. The molecule has 180 valence electrons. The zero-order valence-electron chi connectivity index (χ0n) is 19.8. The van der Waals surface area contributed by atoms with Crippen molar-refractivity contribution in [2.75, 3.05) is 13.1 Å². The number of hydrogen-bond acceptors (Lipinski definition) is 7. The average molecular weight is 461 g/mol. The van der Waals surface area contributed by atoms with Crippen LogP contribution in [-0.4, -0.2) is 59.7 Å². The summed E-state index contributed by atoms with van der Waals surface area (Å²) in [4.78, 5) is 49.3. The van der Waals surface area contributed by atoms with E-state index in [1.807, 2.05) is 27.7 Å². The third kappa shape index (κ3) is 13.3. The van der Waals surface area contributed by atoms with Crippen molar-refractivity contribution >= 4 is 36.3 Å². The van der Waals surface area contributed by atoms with Gasteiger partial charge in [0.2, 0.25) is 11.8 Å². The van der Waals surface area contributed by atoms with Crippen LogP contribution in [-0.2, 0) is 19.1 Å². The number of carbonyl (C=O) groups is 4. The van der Waals surface area contributed by atoms with Gasteiger partial charge in [-0.15, -0.1) is 0 Å². The van der Waals surface area contributed by atoms with Gasteiger partial charge in [-0.3, -0.25) is 14.4 Å². The standard InChI is InChI=1S/C21H40N4O5S/c1-12(2)8-14(16(26)10-22)24-18(27)15(9-13(3)4)25-19(28)17(31)11-23-20(29)30-21(5,6)7/h12-15,17,31H,8-11,22H2,1-7H3,(H,23,29)(H,24,27)(H,25,28)/t14-,15-,17?/m0/s1. The number of alkyl carbamates (subject to hydrolysis) is 1. The van der Waals surface area contributed by atoms with Crippen LogP contribution >= 0.6 is 12.6 Å². The molecule has 0 aliphatic carbocycles. The third-order valence-electron chi connectivity index (χ3n) is 4.09. The molecule has 31 heavy (non-hydrogen) atoms. The third-order valence-corrected chi connectivity index (χ3v) is 4.51. The Morgan fingerprint density at radius 1 is 0.903 bits per heavy atom. The molecule has 5 N–H and O–H groups in total. The van der Waals surface area contributed by atoms with Gasteiger partial charge in [0, 0.05) is 6.54 Å². The summed E-state index contributed by atoms with van der Waals surface area (Å²) >= 11 is 4.22. The fourth-order valence-corrected chi connectivity index (χ4v) is 2.88. The van der Waals surface area contributed by atoms with Gasteiger partial charge in [-0.1, -0.05) is 27.7 Å². The summed E-state index contributed by atoms with van der Waals surface area (Å²) < 4.78 is 5.13. The maximum atomic E-state index is 12.8. The molecule has 0 aliphatic rings. The van der Waals surface area contributed by atoms with E-state index < -0.39 is 40.8 Å². The molecule has 0 saturated carbocycles. The van der Waals surface area contributed by atoms with Crippen LogP contribution in [0.1, 0.15) is 61.3 Å². The quantitative estimate of drug-likeness (QED) is 0.279. The molecular weight excluding hydrogens is 420 g/mol. The zero-order valence-corrected chi connectivity index (χ0v) is 20.7. The summed E-state index contributed by atoms with van der Waals surface area (Å²) in [5, 5.41) is 7.00. The molecule has 0 rings (SSSR count). The van der Waals surface area contributed by atoms with Gasteiger partial charge in [0.15, 0.2) is 5.78 Å². The van der Waals surface area contributed by atoms with Gasteiger partial charge < -0.3 is 26.4 Å². The molecule has 0 aromatic heterocycles. The first-order valence-electron chi connectivity index (χ1n) is 10.6. The van der Waals surface area contributed by atoms with Crippen LogP contribution in [0.2, 0.25) is 0 Å². The van der Waals surface area contributed by atoms with Crippen molar-refractivity contribution in [1.29, 1.82) is 0 Å². The monoisotopic (exact) mass is 460 g/mol. The minimum absolute atomic E-state index is 0.0679. The molecule has 3 amide bonds. The Labute approximate surface area is 191 Å². The van der Waals surface area contributed by atoms with Gasteiger partial charge in [-0.2, -0.15) is 12.6 Å². The Kier molecular flexibility index (Phi) is 12.8. The van der Waals surface area contributed by atoms with Crippen molar-refractivity contribution in [2.24, 2.45) is 17.6 Å². The topological polar surface area (TPSA) is 140 Å². The van der Waals surface area contributed by atoms with Crippen LogP contribution in [0, 0.1) is 11.8 Å². The Balaban J connectivity index is 5.05. The van der Waals surface area contributed by atoms with Gasteiger partial charge in [0.05, 0.1) is 17.8 Å². The molecule has 0 bridgehead atoms. The number of nitrogens with one attached hydrogen (secondary N) is 3. The maximum absolute atomic E-state index is 12.8. The summed E-state index contributed by atoms with van der Waals surface area (Å²) in [7, 11) is 0. The van der Waals surface area contributed by atoms with Gasteiger partial charge in [0.25, 0.3) is 0 Å². The molecule has 10 heteroatoms. The summed E-state index contributed by atoms with van der Waals surface area (Å²) in [6.45, 7) is 12.7. The van der Waals surface area contributed by atoms with Crippen molar-refractivity contribution in [1.82, 2.24) is 16.0 Å². The number of Topliss-reactive ketones (excluding diaryl/α,β-unsaturated/α-hetero) is 1. The van der Waals surface area contributed by atoms with Crippen LogP contribution < -0.4 is 21.7 Å². The van der Waals surface area contributed by atoms with Gasteiger partial charge >= 0.3 is 6.09 Å². The number of amides is 3. The maximum Gasteiger partial charge on any atom is 0.407 e. The van der Waals surface area contributed by atoms with Crippen LogP contribution in [0.4, 0.5) is 4.79 Å². The minimum atomic E-state index is -0.882. The Morgan fingerprint density at radius 3 is 1.84 bits per heavy atom. The van der Waals surface area contributed by atoms with E-state index >= 15 is 0 Å². The Bertz CT molecular complexity index is 619. The Hall–Kier alpha value is -1.81. The molecule has 0 aromatic carbocycles. The van der Waals surface area contributed by atoms with E-state index in [-0.39, 0.29) is 30.7 Å². The number of ether oxygens (including phenoxy) is 1. The average Bonchev–Trinajstić information content (AvgIpc) is 2.61. The second-order valence-electron chi connectivity index (χ2n) is 9.45. The number of rotatable bonds is 12. The van der Waals surface area contributed by atoms with Crippen LogP contribution in [0.25, 0.3) is 0 Å². The van der Waals surface area contributed by atoms with Crippen LogP contribution in [0.15, 0.2) is 0 Å². The van der Waals surface area contributed by atoms with Crippen LogP contribution in [0.3, 0.4) is 0 Å². The lowest BCUT2D eigenvalue weighted by Gasteiger charge is -2.25. The largest absolute Gasteiger partial charge is 0.444 e. The van der Waals surface area contributed by atoms with Crippen molar-refractivity contribution < 1.29 is 23.9 Å². The van der Waals surface area contributed by atoms with Gasteiger partial charge in [-0.25, -0.2) is 4.79 Å². The molecule has 9 nitrogen and oxygen atoms in total. The van der Waals surface area contributed by atoms with Crippen molar-refractivity contribution in [2.45, 2.75) is 84.2 Å². The van der Waals surface area contributed by atoms with E-state index in [2.05, 4.69) is 28.6 Å². The molecule has 3 atom stereocenters. The summed E-state index contributed by atoms with van der Waals surface area (Å²) in [6.07, 6.45) is 0.176. The zero-order chi connectivity index (χ0) is 24.4. The molecule has 0 heterocycles. The molecule has 0 saturated heterocycles. The number of carbonyl (C=O) groups excluding carboxylic acids is 4. The van der Waals surface area contributed by atoms with E-state index in [1.54, 1.807) is 20.8 Å². The second kappa shape index (κ2) is 13.6. The van der Waals surface area contributed by atoms with E-state index in [9.17, 15) is 19.2 Å². The first-order valence-corrected chi connectivity index (χ1v) is 11.2. The highest BCUT2D eigenvalue weighted by Crippen LogP contribution is 2.10. The van der Waals surface area contributed by atoms with Crippen molar-refractivity contribution in [3.05, 3.63) is 0 Å². The molecule has 0 aromatic rings. The summed E-state index contributed by atoms with van der Waals surface area (Å²) in [6, 6.07) is -1.55. The predicted molar refractivity (Wildman–Crippen MR) is 124 cm³/mol. The smallest absolute Gasteiger partial charge is 0.407 e. The SMILES string of the molecule is CC(C)C[C@H](NC(=O)[C@H](CC(C)C)NC(=O)C(S)CNC(=O)OC(C)(C)C)C(=O)CN. The highest BCUT2D eigenvalue weighted by atomic mass is 32.1. The summed E-state index contributed by atoms with van der Waals surface area (Å²) in [5.41, 5.74) is 4.81. The van der Waals surface area contributed by atoms with E-state index in [4.69, 9.17) is 10.5 Å². The summed E-state index contributed by atoms with van der Waals surface area (Å²) in [5.74, 6) is -0.922. The van der Waals surface area contributed by atoms with E-state index in [0.29, 0.717) is 12.8 Å². The van der Waals surface area contributed by atoms with Crippen LogP contribution in [0.5, 0.6) is 0 Å². The molecule has 0 spiro atoms. The lowest BCUT2D eigenvalue weighted by molar-refractivity contribution is -0.131. The van der Waals surface area contributed by atoms with E-state index in [1.165, 1.54) is 0 Å². The van der Waals surface area contributed by atoms with E-state index in [0.717, 1.165) is 0 Å². The lowest BCUT2D eigenvalue weighted by atomic mass is 9.98. The number of hydrogen-bond donors (Lipinski definition) is 5. The molecular formula is C21H40N4O5S. The number of nitrogens with two attached hydrogens (primary N) is 1. The minimum Gasteiger partial charge on any atom is -0.444 e. The predicted octanol–water partition coefficient (Wildman–Crippen LogP) is 1.40. The van der Waals surface area contributed by atoms with Gasteiger partial charge in [0.1, 0.15) is 11.6 Å². The second-order valence-corrected chi connectivity index (χ2v) is 10.1. The number of ketones is 1. The highest BCUT2D eigenvalue weighted by Gasteiger charge is 2.29. The van der Waals surface area contributed by atoms with Crippen molar-refractivity contribution in [3.63, 3.8) is 0 Å². The first kappa shape index (κ1) is 29.2. The fraction of sp³-hybridized carbons (Fsp3) is 0.810. The molecule has 0 aliphatic heterocycles. The molecule has 0 fully saturated rings.